The van der Waals surface area contributed by atoms with E-state index in [-0.39, 0.29) is 12.5 Å². The molecule has 6 nitrogen and oxygen atoms in total. The highest BCUT2D eigenvalue weighted by atomic mass is 16.5. The average molecular weight is 386 g/mol. The SMILES string of the molecule is CN(C(=O)COC(=O)c1ccc2noc(-c3ccccc3)c2c1)c1ccccc1. The van der Waals surface area contributed by atoms with Gasteiger partial charge in [0.25, 0.3) is 5.91 Å². The minimum Gasteiger partial charge on any atom is -0.452 e. The molecule has 6 heteroatoms. The molecule has 0 spiro atoms. The van der Waals surface area contributed by atoms with Crippen molar-refractivity contribution in [1.29, 1.82) is 0 Å². The number of ether oxygens (including phenoxy) is 1. The van der Waals surface area contributed by atoms with Crippen LogP contribution in [-0.2, 0) is 9.53 Å². The Balaban J connectivity index is 1.49. The number of fused-ring (bicyclic) bond motifs is 1. The molecule has 0 bridgehead atoms. The summed E-state index contributed by atoms with van der Waals surface area (Å²) in [6, 6.07) is 23.7. The van der Waals surface area contributed by atoms with Crippen molar-refractivity contribution >= 4 is 28.5 Å². The second-order valence-corrected chi connectivity index (χ2v) is 6.47. The molecule has 1 aromatic heterocycles. The third-order valence-corrected chi connectivity index (χ3v) is 4.59. The first-order chi connectivity index (χ1) is 14.1. The summed E-state index contributed by atoms with van der Waals surface area (Å²) in [5.74, 6) is -0.322. The van der Waals surface area contributed by atoms with E-state index in [9.17, 15) is 9.59 Å². The zero-order valence-corrected chi connectivity index (χ0v) is 15.7. The van der Waals surface area contributed by atoms with Crippen molar-refractivity contribution in [3.63, 3.8) is 0 Å². The van der Waals surface area contributed by atoms with Gasteiger partial charge in [-0.3, -0.25) is 4.79 Å². The van der Waals surface area contributed by atoms with E-state index in [1.54, 1.807) is 25.2 Å². The first kappa shape index (κ1) is 18.4. The summed E-state index contributed by atoms with van der Waals surface area (Å²) in [6.45, 7) is -0.350. The molecule has 0 aliphatic heterocycles. The summed E-state index contributed by atoms with van der Waals surface area (Å²) in [5.41, 5.74) is 2.56. The van der Waals surface area contributed by atoms with Crippen LogP contribution in [-0.4, -0.2) is 30.7 Å². The molecule has 0 saturated heterocycles. The highest BCUT2D eigenvalue weighted by Crippen LogP contribution is 2.29. The van der Waals surface area contributed by atoms with Crippen LogP contribution in [0.2, 0.25) is 0 Å². The van der Waals surface area contributed by atoms with Crippen LogP contribution >= 0.6 is 0 Å². The number of hydrogen-bond acceptors (Lipinski definition) is 5. The molecule has 0 radical (unpaired) electrons. The summed E-state index contributed by atoms with van der Waals surface area (Å²) >= 11 is 0. The van der Waals surface area contributed by atoms with E-state index in [4.69, 9.17) is 9.26 Å². The minimum atomic E-state index is -0.582. The predicted octanol–water partition coefficient (Wildman–Crippen LogP) is 4.31. The molecular weight excluding hydrogens is 368 g/mol. The molecule has 29 heavy (non-hydrogen) atoms. The van der Waals surface area contributed by atoms with E-state index in [0.29, 0.717) is 22.2 Å². The molecule has 3 aromatic carbocycles. The number of para-hydroxylation sites is 1. The minimum absolute atomic E-state index is 0.319. The molecule has 0 unspecified atom stereocenters. The lowest BCUT2D eigenvalue weighted by atomic mass is 10.1. The van der Waals surface area contributed by atoms with Gasteiger partial charge in [0.1, 0.15) is 5.52 Å². The van der Waals surface area contributed by atoms with Crippen LogP contribution in [0.1, 0.15) is 10.4 Å². The molecule has 0 fully saturated rings. The van der Waals surface area contributed by atoms with Crippen molar-refractivity contribution in [2.75, 3.05) is 18.6 Å². The second-order valence-electron chi connectivity index (χ2n) is 6.47. The van der Waals surface area contributed by atoms with Crippen LogP contribution in [0.4, 0.5) is 5.69 Å². The first-order valence-corrected chi connectivity index (χ1v) is 9.07. The largest absolute Gasteiger partial charge is 0.452 e. The molecule has 0 aliphatic rings. The van der Waals surface area contributed by atoms with Gasteiger partial charge in [0.2, 0.25) is 0 Å². The maximum Gasteiger partial charge on any atom is 0.338 e. The molecule has 0 saturated carbocycles. The number of hydrogen-bond donors (Lipinski definition) is 0. The van der Waals surface area contributed by atoms with Gasteiger partial charge in [-0.15, -0.1) is 0 Å². The Morgan fingerprint density at radius 2 is 1.66 bits per heavy atom. The Bertz CT molecular complexity index is 1150. The van der Waals surface area contributed by atoms with Crippen LogP contribution in [0.25, 0.3) is 22.2 Å². The summed E-state index contributed by atoms with van der Waals surface area (Å²) in [4.78, 5) is 26.2. The smallest absolute Gasteiger partial charge is 0.338 e. The lowest BCUT2D eigenvalue weighted by Gasteiger charge is -2.17. The molecule has 144 valence electrons. The summed E-state index contributed by atoms with van der Waals surface area (Å²) in [6.07, 6.45) is 0. The fourth-order valence-corrected chi connectivity index (χ4v) is 2.97. The van der Waals surface area contributed by atoms with Crippen LogP contribution in [0.3, 0.4) is 0 Å². The van der Waals surface area contributed by atoms with Crippen molar-refractivity contribution < 1.29 is 18.8 Å². The van der Waals surface area contributed by atoms with E-state index in [2.05, 4.69) is 5.16 Å². The van der Waals surface area contributed by atoms with Gasteiger partial charge in [0.05, 0.1) is 10.9 Å². The maximum absolute atomic E-state index is 12.5. The van der Waals surface area contributed by atoms with Gasteiger partial charge in [-0.1, -0.05) is 53.7 Å². The highest BCUT2D eigenvalue weighted by molar-refractivity contribution is 6.00. The number of likely N-dealkylation sites (N-methyl/N-ethyl adjacent to an activating group) is 1. The number of esters is 1. The second kappa shape index (κ2) is 7.98. The van der Waals surface area contributed by atoms with Gasteiger partial charge in [0.15, 0.2) is 12.4 Å². The van der Waals surface area contributed by atoms with Crippen LogP contribution < -0.4 is 4.90 Å². The fraction of sp³-hybridized carbons (Fsp3) is 0.0870. The Morgan fingerprint density at radius 1 is 0.966 bits per heavy atom. The molecule has 1 heterocycles. The Labute approximate surface area is 167 Å². The lowest BCUT2D eigenvalue weighted by molar-refractivity contribution is -0.121. The van der Waals surface area contributed by atoms with Crippen molar-refractivity contribution in [3.8, 4) is 11.3 Å². The van der Waals surface area contributed by atoms with Gasteiger partial charge < -0.3 is 14.2 Å². The average Bonchev–Trinajstić information content (AvgIpc) is 3.21. The number of carbonyl (C=O) groups excluding carboxylic acids is 2. The molecular formula is C23H18N2O4. The predicted molar refractivity (Wildman–Crippen MR) is 110 cm³/mol. The van der Waals surface area contributed by atoms with Gasteiger partial charge in [-0.05, 0) is 30.3 Å². The van der Waals surface area contributed by atoms with E-state index < -0.39 is 5.97 Å². The van der Waals surface area contributed by atoms with E-state index in [1.165, 1.54) is 4.90 Å². The number of aromatic nitrogens is 1. The van der Waals surface area contributed by atoms with Crippen LogP contribution in [0, 0.1) is 0 Å². The quantitative estimate of drug-likeness (QED) is 0.478. The number of rotatable bonds is 5. The Kier molecular flexibility index (Phi) is 5.07. The standard InChI is InChI=1S/C23H18N2O4/c1-25(18-10-6-3-7-11-18)21(26)15-28-23(27)17-12-13-20-19(14-17)22(29-24-20)16-8-4-2-5-9-16/h2-14H,15H2,1H3. The van der Waals surface area contributed by atoms with Crippen LogP contribution in [0.5, 0.6) is 0 Å². The van der Waals surface area contributed by atoms with Gasteiger partial charge >= 0.3 is 5.97 Å². The number of amides is 1. The molecule has 1 amide bonds. The number of nitrogens with zero attached hydrogens (tertiary/aromatic N) is 2. The number of anilines is 1. The molecule has 0 atom stereocenters. The van der Waals surface area contributed by atoms with Crippen molar-refractivity contribution in [1.82, 2.24) is 5.16 Å². The van der Waals surface area contributed by atoms with E-state index >= 15 is 0 Å². The third-order valence-electron chi connectivity index (χ3n) is 4.59. The lowest BCUT2D eigenvalue weighted by Crippen LogP contribution is -2.31. The monoisotopic (exact) mass is 386 g/mol. The molecule has 0 aliphatic carbocycles. The third kappa shape index (κ3) is 3.87. The summed E-state index contributed by atoms with van der Waals surface area (Å²) in [7, 11) is 1.64. The Morgan fingerprint density at radius 3 is 2.38 bits per heavy atom. The topological polar surface area (TPSA) is 72.6 Å². The van der Waals surface area contributed by atoms with Gasteiger partial charge in [-0.2, -0.15) is 0 Å². The Hall–Kier alpha value is -3.93. The highest BCUT2D eigenvalue weighted by Gasteiger charge is 2.17. The van der Waals surface area contributed by atoms with Crippen molar-refractivity contribution in [2.45, 2.75) is 0 Å². The van der Waals surface area contributed by atoms with E-state index in [0.717, 1.165) is 11.3 Å². The first-order valence-electron chi connectivity index (χ1n) is 9.07. The van der Waals surface area contributed by atoms with E-state index in [1.807, 2.05) is 60.7 Å². The van der Waals surface area contributed by atoms with Gasteiger partial charge in [0, 0.05) is 18.3 Å². The number of carbonyl (C=O) groups is 2. The molecule has 4 rings (SSSR count). The molecule has 0 N–H and O–H groups in total. The van der Waals surface area contributed by atoms with Crippen molar-refractivity contribution in [2.24, 2.45) is 0 Å². The zero-order chi connectivity index (χ0) is 20.2. The zero-order valence-electron chi connectivity index (χ0n) is 15.7. The molecule has 4 aromatic rings. The van der Waals surface area contributed by atoms with Crippen LogP contribution in [0.15, 0.2) is 83.4 Å². The maximum atomic E-state index is 12.5. The normalized spacial score (nSPS) is 10.7. The summed E-state index contributed by atoms with van der Waals surface area (Å²) in [5, 5.41) is 4.75. The fourth-order valence-electron chi connectivity index (χ4n) is 2.97. The van der Waals surface area contributed by atoms with Gasteiger partial charge in [-0.25, -0.2) is 4.79 Å². The van der Waals surface area contributed by atoms with Crippen molar-refractivity contribution in [3.05, 3.63) is 84.4 Å². The summed E-state index contributed by atoms with van der Waals surface area (Å²) < 4.78 is 10.7. The number of benzene rings is 3.